The summed E-state index contributed by atoms with van der Waals surface area (Å²) in [7, 11) is 0. The van der Waals surface area contributed by atoms with Gasteiger partial charge in [-0.15, -0.1) is 5.10 Å². The minimum absolute atomic E-state index is 0.00101. The summed E-state index contributed by atoms with van der Waals surface area (Å²) in [4.78, 5) is 27.7. The molecule has 218 valence electrons. The number of amides is 2. The third-order valence-corrected chi connectivity index (χ3v) is 8.97. The monoisotopic (exact) mass is 586 g/mol. The zero-order valence-electron chi connectivity index (χ0n) is 24.4. The van der Waals surface area contributed by atoms with Crippen LogP contribution in [0.3, 0.4) is 0 Å². The van der Waals surface area contributed by atoms with Crippen molar-refractivity contribution in [2.24, 2.45) is 0 Å². The number of aromatic nitrogens is 3. The first kappa shape index (κ1) is 28.2. The summed E-state index contributed by atoms with van der Waals surface area (Å²) >= 11 is 6.14. The van der Waals surface area contributed by atoms with Crippen molar-refractivity contribution in [3.05, 3.63) is 81.1 Å². The number of nitrogens with zero attached hydrogens (tertiary/aromatic N) is 5. The zero-order valence-corrected chi connectivity index (χ0v) is 25.1. The first-order chi connectivity index (χ1) is 19.9. The summed E-state index contributed by atoms with van der Waals surface area (Å²) in [5, 5.41) is 21.5. The molecule has 1 aliphatic heterocycles. The summed E-state index contributed by atoms with van der Waals surface area (Å²) in [6, 6.07) is 13.8. The number of nitrogens with one attached hydrogen (secondary N) is 1. The highest BCUT2D eigenvalue weighted by molar-refractivity contribution is 6.30. The second kappa shape index (κ2) is 10.4. The van der Waals surface area contributed by atoms with Crippen molar-refractivity contribution in [2.75, 3.05) is 6.54 Å². The van der Waals surface area contributed by atoms with Crippen LogP contribution >= 0.6 is 11.6 Å². The fourth-order valence-electron chi connectivity index (χ4n) is 6.21. The molecule has 3 aromatic rings. The van der Waals surface area contributed by atoms with Crippen LogP contribution in [0.15, 0.2) is 42.6 Å². The largest absolute Gasteiger partial charge is 0.444 e. The van der Waals surface area contributed by atoms with Crippen molar-refractivity contribution in [1.29, 1.82) is 5.26 Å². The number of benzene rings is 2. The lowest BCUT2D eigenvalue weighted by Crippen LogP contribution is -2.44. The zero-order chi connectivity index (χ0) is 29.8. The lowest BCUT2D eigenvalue weighted by molar-refractivity contribution is 0.0196. The van der Waals surface area contributed by atoms with Crippen LogP contribution in [0.25, 0.3) is 0 Å². The molecule has 1 atom stereocenters. The van der Waals surface area contributed by atoms with Crippen LogP contribution in [0.2, 0.25) is 5.02 Å². The molecule has 10 heteroatoms. The number of hydrogen-bond acceptors (Lipinski definition) is 6. The van der Waals surface area contributed by atoms with Gasteiger partial charge < -0.3 is 15.0 Å². The molecule has 6 rings (SSSR count). The molecule has 2 amide bonds. The number of rotatable bonds is 5. The summed E-state index contributed by atoms with van der Waals surface area (Å²) in [5.74, 6) is -0.0815. The van der Waals surface area contributed by atoms with Crippen LogP contribution in [0.5, 0.6) is 0 Å². The third kappa shape index (κ3) is 5.48. The SMILES string of the molecule is CC(c1ccc2c(c1)CN(C(=O)OC(C)(C)C)CC21CC1)n1cc(C(=O)N[C@H]2C[C@@H](c3cc(Cl)ccc3C#N)C2)nn1. The fraction of sp³-hybridized carbons (Fsp3) is 0.469. The summed E-state index contributed by atoms with van der Waals surface area (Å²) in [6.45, 7) is 8.87. The van der Waals surface area contributed by atoms with Gasteiger partial charge in [-0.3, -0.25) is 4.79 Å². The van der Waals surface area contributed by atoms with E-state index in [0.29, 0.717) is 23.7 Å². The second-order valence-corrected chi connectivity index (χ2v) is 13.4. The van der Waals surface area contributed by atoms with Crippen LogP contribution in [-0.2, 0) is 16.7 Å². The Balaban J connectivity index is 1.11. The smallest absolute Gasteiger partial charge is 0.410 e. The number of fused-ring (bicyclic) bond motifs is 2. The Kier molecular flexibility index (Phi) is 7.01. The predicted octanol–water partition coefficient (Wildman–Crippen LogP) is 5.87. The molecule has 0 radical (unpaired) electrons. The van der Waals surface area contributed by atoms with Crippen molar-refractivity contribution >= 4 is 23.6 Å². The summed E-state index contributed by atoms with van der Waals surface area (Å²) < 4.78 is 7.38. The molecule has 2 aromatic carbocycles. The molecule has 2 fully saturated rings. The van der Waals surface area contributed by atoms with E-state index in [1.807, 2.05) is 38.7 Å². The minimum Gasteiger partial charge on any atom is -0.444 e. The molecule has 1 N–H and O–H groups in total. The van der Waals surface area contributed by atoms with Gasteiger partial charge in [0.1, 0.15) is 5.60 Å². The lowest BCUT2D eigenvalue weighted by atomic mass is 9.74. The van der Waals surface area contributed by atoms with Gasteiger partial charge in [0.05, 0.1) is 23.9 Å². The van der Waals surface area contributed by atoms with Gasteiger partial charge in [-0.25, -0.2) is 9.48 Å². The Bertz CT molecular complexity index is 1590. The fourth-order valence-corrected chi connectivity index (χ4v) is 6.39. The number of carbonyl (C=O) groups excluding carboxylic acids is 2. The lowest BCUT2D eigenvalue weighted by Gasteiger charge is -2.36. The third-order valence-electron chi connectivity index (χ3n) is 8.73. The first-order valence-electron chi connectivity index (χ1n) is 14.5. The Labute approximate surface area is 250 Å². The molecule has 1 aromatic heterocycles. The average molecular weight is 587 g/mol. The first-order valence-corrected chi connectivity index (χ1v) is 14.9. The van der Waals surface area contributed by atoms with Gasteiger partial charge in [0.25, 0.3) is 5.91 Å². The molecule has 1 unspecified atom stereocenters. The molecule has 0 saturated heterocycles. The van der Waals surface area contributed by atoms with E-state index in [1.54, 1.807) is 23.0 Å². The van der Waals surface area contributed by atoms with E-state index >= 15 is 0 Å². The quantitative estimate of drug-likeness (QED) is 0.400. The molecular weight excluding hydrogens is 552 g/mol. The van der Waals surface area contributed by atoms with Crippen molar-refractivity contribution in [1.82, 2.24) is 25.2 Å². The van der Waals surface area contributed by atoms with Crippen LogP contribution < -0.4 is 5.32 Å². The highest BCUT2D eigenvalue weighted by Crippen LogP contribution is 2.53. The van der Waals surface area contributed by atoms with E-state index in [4.69, 9.17) is 16.3 Å². The molecule has 1 spiro atoms. The molecular formula is C32H35ClN6O3. The highest BCUT2D eigenvalue weighted by atomic mass is 35.5. The molecule has 42 heavy (non-hydrogen) atoms. The normalized spacial score (nSPS) is 21.1. The average Bonchev–Trinajstić information content (AvgIpc) is 3.50. The van der Waals surface area contributed by atoms with Crippen molar-refractivity contribution in [3.8, 4) is 6.07 Å². The van der Waals surface area contributed by atoms with Gasteiger partial charge in [0, 0.05) is 29.6 Å². The number of hydrogen-bond donors (Lipinski definition) is 1. The maximum absolute atomic E-state index is 13.0. The van der Waals surface area contributed by atoms with Gasteiger partial charge in [-0.1, -0.05) is 35.0 Å². The van der Waals surface area contributed by atoms with Gasteiger partial charge in [0.2, 0.25) is 0 Å². The van der Waals surface area contributed by atoms with E-state index in [0.717, 1.165) is 42.4 Å². The number of halogens is 1. The Morgan fingerprint density at radius 2 is 1.95 bits per heavy atom. The van der Waals surface area contributed by atoms with Gasteiger partial charge in [-0.05, 0) is 99.7 Å². The molecule has 2 aliphatic carbocycles. The van der Waals surface area contributed by atoms with Gasteiger partial charge >= 0.3 is 6.09 Å². The number of ether oxygens (including phenoxy) is 1. The van der Waals surface area contributed by atoms with E-state index in [-0.39, 0.29) is 41.1 Å². The highest BCUT2D eigenvalue weighted by Gasteiger charge is 2.50. The second-order valence-electron chi connectivity index (χ2n) is 13.0. The van der Waals surface area contributed by atoms with Gasteiger partial charge in [0.15, 0.2) is 5.69 Å². The van der Waals surface area contributed by atoms with E-state index < -0.39 is 5.60 Å². The van der Waals surface area contributed by atoms with Gasteiger partial charge in [-0.2, -0.15) is 5.26 Å². The van der Waals surface area contributed by atoms with Crippen molar-refractivity contribution in [2.45, 2.75) is 88.9 Å². The minimum atomic E-state index is -0.543. The van der Waals surface area contributed by atoms with Crippen LogP contribution in [-0.4, -0.2) is 50.1 Å². The Hall–Kier alpha value is -3.90. The molecule has 2 heterocycles. The summed E-state index contributed by atoms with van der Waals surface area (Å²) in [6.07, 6.45) is 5.01. The van der Waals surface area contributed by atoms with Crippen molar-refractivity contribution in [3.63, 3.8) is 0 Å². The molecule has 9 nitrogen and oxygen atoms in total. The topological polar surface area (TPSA) is 113 Å². The van der Waals surface area contributed by atoms with Crippen LogP contribution in [0.1, 0.15) is 104 Å². The Morgan fingerprint density at radius 3 is 2.64 bits per heavy atom. The molecule has 2 saturated carbocycles. The summed E-state index contributed by atoms with van der Waals surface area (Å²) in [5.41, 5.74) is 4.77. The van der Waals surface area contributed by atoms with E-state index in [1.165, 1.54) is 5.56 Å². The predicted molar refractivity (Wildman–Crippen MR) is 157 cm³/mol. The number of nitriles is 1. The standard InChI is InChI=1S/C32H35ClN6O3/c1-19(20-6-8-27-23(11-20)16-38(18-32(27)9-10-32)30(41)42-31(2,3)4)39-17-28(36-37-39)29(40)35-25-12-22(13-25)26-14-24(33)7-5-21(26)15-34/h5-8,11,14,17,19,22,25H,9-10,12-13,16,18H2,1-4H3,(H,35,40)/t19?,22-,25+. The van der Waals surface area contributed by atoms with Crippen LogP contribution in [0, 0.1) is 11.3 Å². The van der Waals surface area contributed by atoms with Crippen molar-refractivity contribution < 1.29 is 14.3 Å². The van der Waals surface area contributed by atoms with Crippen LogP contribution in [0.4, 0.5) is 4.79 Å². The molecule has 3 aliphatic rings. The Morgan fingerprint density at radius 1 is 1.19 bits per heavy atom. The van der Waals surface area contributed by atoms with E-state index in [9.17, 15) is 14.9 Å². The van der Waals surface area contributed by atoms with E-state index in [2.05, 4.69) is 39.9 Å². The molecule has 0 bridgehead atoms. The number of carbonyl (C=O) groups is 2. The maximum Gasteiger partial charge on any atom is 0.410 e. The maximum atomic E-state index is 13.0.